The van der Waals surface area contributed by atoms with Gasteiger partial charge in [0.15, 0.2) is 0 Å². The van der Waals surface area contributed by atoms with Crippen LogP contribution >= 0.6 is 0 Å². The van der Waals surface area contributed by atoms with Crippen molar-refractivity contribution in [3.63, 3.8) is 0 Å². The lowest BCUT2D eigenvalue weighted by Crippen LogP contribution is -2.42. The van der Waals surface area contributed by atoms with Gasteiger partial charge in [0.25, 0.3) is 5.69 Å². The minimum Gasteiger partial charge on any atom is -0.394 e. The molecule has 128 valence electrons. The van der Waals surface area contributed by atoms with Gasteiger partial charge >= 0.3 is 6.03 Å². The van der Waals surface area contributed by atoms with E-state index in [2.05, 4.69) is 10.6 Å². The fourth-order valence-corrected chi connectivity index (χ4v) is 2.46. The summed E-state index contributed by atoms with van der Waals surface area (Å²) in [6, 6.07) is 2.15. The molecule has 1 atom stereocenters. The summed E-state index contributed by atoms with van der Waals surface area (Å²) < 4.78 is 0. The number of benzene rings is 1. The molecule has 0 aliphatic heterocycles. The monoisotopic (exact) mass is 323 g/mol. The summed E-state index contributed by atoms with van der Waals surface area (Å²) in [7, 11) is 0. The average Bonchev–Trinajstić information content (AvgIpc) is 2.40. The maximum absolute atomic E-state index is 12.2. The smallest absolute Gasteiger partial charge is 0.319 e. The SMILES string of the molecule is Cc1ccc([N+](=O)[O-])c(C)c1NC(=O)NC(CO)CC(C)(C)C. The van der Waals surface area contributed by atoms with Crippen molar-refractivity contribution in [3.05, 3.63) is 33.4 Å². The number of aryl methyl sites for hydroxylation is 1. The van der Waals surface area contributed by atoms with Gasteiger partial charge in [0.1, 0.15) is 0 Å². The summed E-state index contributed by atoms with van der Waals surface area (Å²) in [5, 5.41) is 25.8. The number of nitro benzene ring substituents is 1. The largest absolute Gasteiger partial charge is 0.394 e. The van der Waals surface area contributed by atoms with Gasteiger partial charge in [0.2, 0.25) is 0 Å². The zero-order valence-corrected chi connectivity index (χ0v) is 14.3. The Balaban J connectivity index is 2.89. The number of hydrogen-bond acceptors (Lipinski definition) is 4. The molecule has 0 heterocycles. The molecule has 0 radical (unpaired) electrons. The van der Waals surface area contributed by atoms with Crippen LogP contribution in [0.15, 0.2) is 12.1 Å². The summed E-state index contributed by atoms with van der Waals surface area (Å²) in [6.07, 6.45) is 0.615. The molecule has 1 aromatic rings. The Hall–Kier alpha value is -2.15. The van der Waals surface area contributed by atoms with Gasteiger partial charge in [-0.3, -0.25) is 10.1 Å². The lowest BCUT2D eigenvalue weighted by molar-refractivity contribution is -0.385. The molecule has 0 spiro atoms. The van der Waals surface area contributed by atoms with E-state index in [1.165, 1.54) is 6.07 Å². The lowest BCUT2D eigenvalue weighted by atomic mass is 9.88. The van der Waals surface area contributed by atoms with E-state index >= 15 is 0 Å². The van der Waals surface area contributed by atoms with Crippen molar-refractivity contribution in [2.24, 2.45) is 5.41 Å². The van der Waals surface area contributed by atoms with Gasteiger partial charge in [-0.05, 0) is 31.2 Å². The predicted molar refractivity (Wildman–Crippen MR) is 89.7 cm³/mol. The highest BCUT2D eigenvalue weighted by Crippen LogP contribution is 2.28. The Morgan fingerprint density at radius 2 is 1.96 bits per heavy atom. The second-order valence-corrected chi connectivity index (χ2v) is 6.90. The number of nitrogens with zero attached hydrogens (tertiary/aromatic N) is 1. The molecule has 0 aromatic heterocycles. The zero-order valence-electron chi connectivity index (χ0n) is 14.3. The standard InChI is InChI=1S/C16H25N3O4/c1-10-6-7-13(19(22)23)11(2)14(10)18-15(21)17-12(9-20)8-16(3,4)5/h6-7,12,20H,8-9H2,1-5H3,(H2,17,18,21). The Morgan fingerprint density at radius 3 is 2.43 bits per heavy atom. The highest BCUT2D eigenvalue weighted by molar-refractivity contribution is 5.92. The molecule has 0 fully saturated rings. The number of aliphatic hydroxyl groups is 1. The van der Waals surface area contributed by atoms with Gasteiger partial charge in [-0.15, -0.1) is 0 Å². The van der Waals surface area contributed by atoms with Gasteiger partial charge in [-0.1, -0.05) is 26.8 Å². The van der Waals surface area contributed by atoms with Gasteiger partial charge in [-0.25, -0.2) is 4.79 Å². The molecule has 0 aliphatic rings. The van der Waals surface area contributed by atoms with Crippen molar-refractivity contribution in [3.8, 4) is 0 Å². The first-order chi connectivity index (χ1) is 10.5. The van der Waals surface area contributed by atoms with Crippen molar-refractivity contribution in [2.75, 3.05) is 11.9 Å². The number of anilines is 1. The van der Waals surface area contributed by atoms with E-state index in [9.17, 15) is 20.0 Å². The molecule has 1 aromatic carbocycles. The molecule has 0 saturated heterocycles. The molecule has 0 bridgehead atoms. The van der Waals surface area contributed by atoms with Crippen LogP contribution in [0.25, 0.3) is 0 Å². The number of urea groups is 1. The molecular weight excluding hydrogens is 298 g/mol. The molecule has 7 heteroatoms. The fraction of sp³-hybridized carbons (Fsp3) is 0.562. The second-order valence-electron chi connectivity index (χ2n) is 6.90. The van der Waals surface area contributed by atoms with Gasteiger partial charge in [0.05, 0.1) is 28.8 Å². The quantitative estimate of drug-likeness (QED) is 0.572. The van der Waals surface area contributed by atoms with Crippen molar-refractivity contribution >= 4 is 17.4 Å². The minimum atomic E-state index is -0.486. The first-order valence-corrected chi connectivity index (χ1v) is 7.48. The van der Waals surface area contributed by atoms with Crippen LogP contribution in [0.2, 0.25) is 0 Å². The lowest BCUT2D eigenvalue weighted by Gasteiger charge is -2.25. The van der Waals surface area contributed by atoms with Crippen molar-refractivity contribution in [1.82, 2.24) is 5.32 Å². The van der Waals surface area contributed by atoms with E-state index in [-0.39, 0.29) is 23.8 Å². The molecule has 2 amide bonds. The van der Waals surface area contributed by atoms with Crippen LogP contribution in [0.4, 0.5) is 16.2 Å². The summed E-state index contributed by atoms with van der Waals surface area (Å²) in [4.78, 5) is 22.7. The Kier molecular flexibility index (Phi) is 6.09. The van der Waals surface area contributed by atoms with Crippen molar-refractivity contribution in [2.45, 2.75) is 47.1 Å². The van der Waals surface area contributed by atoms with Gasteiger partial charge in [0, 0.05) is 6.07 Å². The number of hydrogen-bond donors (Lipinski definition) is 3. The van der Waals surface area contributed by atoms with E-state index in [0.29, 0.717) is 17.7 Å². The van der Waals surface area contributed by atoms with Crippen LogP contribution < -0.4 is 10.6 Å². The number of rotatable bonds is 5. The predicted octanol–water partition coefficient (Wildman–Crippen LogP) is 3.13. The Labute approximate surface area is 136 Å². The molecule has 0 saturated carbocycles. The summed E-state index contributed by atoms with van der Waals surface area (Å²) >= 11 is 0. The van der Waals surface area contributed by atoms with Crippen molar-refractivity contribution < 1.29 is 14.8 Å². The molecule has 0 aliphatic carbocycles. The van der Waals surface area contributed by atoms with E-state index in [0.717, 1.165) is 5.56 Å². The topological polar surface area (TPSA) is 105 Å². The molecule has 1 rings (SSSR count). The molecule has 1 unspecified atom stereocenters. The second kappa shape index (κ2) is 7.41. The Bertz CT molecular complexity index is 594. The highest BCUT2D eigenvalue weighted by Gasteiger charge is 2.21. The van der Waals surface area contributed by atoms with Crippen LogP contribution in [0, 0.1) is 29.4 Å². The molecule has 23 heavy (non-hydrogen) atoms. The number of carbonyl (C=O) groups is 1. The van der Waals surface area contributed by atoms with Crippen LogP contribution in [0.1, 0.15) is 38.3 Å². The Morgan fingerprint density at radius 1 is 1.35 bits per heavy atom. The van der Waals surface area contributed by atoms with Gasteiger partial charge in [-0.2, -0.15) is 0 Å². The number of carbonyl (C=O) groups excluding carboxylic acids is 1. The summed E-state index contributed by atoms with van der Waals surface area (Å²) in [5.41, 5.74) is 1.47. The zero-order chi connectivity index (χ0) is 17.8. The van der Waals surface area contributed by atoms with Gasteiger partial charge < -0.3 is 15.7 Å². The maximum Gasteiger partial charge on any atom is 0.319 e. The van der Waals surface area contributed by atoms with Crippen molar-refractivity contribution in [1.29, 1.82) is 0 Å². The van der Waals surface area contributed by atoms with Crippen LogP contribution in [0.3, 0.4) is 0 Å². The third-order valence-electron chi connectivity index (χ3n) is 3.49. The third-order valence-corrected chi connectivity index (χ3v) is 3.49. The number of nitro groups is 1. The molecular formula is C16H25N3O4. The van der Waals surface area contributed by atoms with E-state index in [4.69, 9.17) is 0 Å². The molecule has 3 N–H and O–H groups in total. The average molecular weight is 323 g/mol. The fourth-order valence-electron chi connectivity index (χ4n) is 2.46. The number of nitrogens with one attached hydrogen (secondary N) is 2. The first-order valence-electron chi connectivity index (χ1n) is 7.48. The maximum atomic E-state index is 12.2. The first kappa shape index (κ1) is 18.9. The third kappa shape index (κ3) is 5.52. The number of aliphatic hydroxyl groups excluding tert-OH is 1. The summed E-state index contributed by atoms with van der Waals surface area (Å²) in [5.74, 6) is 0. The number of amides is 2. The van der Waals surface area contributed by atoms with Crippen LogP contribution in [0.5, 0.6) is 0 Å². The highest BCUT2D eigenvalue weighted by atomic mass is 16.6. The van der Waals surface area contributed by atoms with E-state index in [1.807, 2.05) is 20.8 Å². The van der Waals surface area contributed by atoms with Crippen LogP contribution in [-0.2, 0) is 0 Å². The minimum absolute atomic E-state index is 0.0423. The van der Waals surface area contributed by atoms with Crippen LogP contribution in [-0.4, -0.2) is 28.7 Å². The molecule has 7 nitrogen and oxygen atoms in total. The summed E-state index contributed by atoms with van der Waals surface area (Å²) in [6.45, 7) is 9.25. The van der Waals surface area contributed by atoms with E-state index < -0.39 is 11.0 Å². The van der Waals surface area contributed by atoms with E-state index in [1.54, 1.807) is 19.9 Å². The normalized spacial score (nSPS) is 12.6.